The minimum Gasteiger partial charge on any atom is -0.351 e. The lowest BCUT2D eigenvalue weighted by atomic mass is 9.79. The maximum absolute atomic E-state index is 12.1. The normalized spacial score (nSPS) is 22.8. The average molecular weight is 243 g/mol. The van der Waals surface area contributed by atoms with Crippen molar-refractivity contribution in [2.24, 2.45) is 5.41 Å². The molecule has 0 heterocycles. The van der Waals surface area contributed by atoms with Crippen LogP contribution >= 0.6 is 0 Å². The van der Waals surface area contributed by atoms with Gasteiger partial charge in [-0.2, -0.15) is 0 Å². The Labute approximate surface area is 109 Å². The Hall–Kier alpha value is -1.57. The van der Waals surface area contributed by atoms with Crippen LogP contribution in [0.2, 0.25) is 0 Å². The van der Waals surface area contributed by atoms with Gasteiger partial charge in [0.15, 0.2) is 0 Å². The van der Waals surface area contributed by atoms with Gasteiger partial charge in [-0.3, -0.25) is 4.79 Å². The summed E-state index contributed by atoms with van der Waals surface area (Å²) < 4.78 is 0. The molecular weight excluding hydrogens is 222 g/mol. The Kier molecular flexibility index (Phi) is 3.85. The molecule has 0 fully saturated rings. The van der Waals surface area contributed by atoms with Crippen LogP contribution in [0.15, 0.2) is 36.4 Å². The molecule has 0 spiro atoms. The largest absolute Gasteiger partial charge is 0.351 e. The maximum atomic E-state index is 12.1. The second kappa shape index (κ2) is 5.38. The molecule has 0 bridgehead atoms. The molecule has 2 nitrogen and oxygen atoms in total. The molecule has 96 valence electrons. The zero-order chi connectivity index (χ0) is 13.0. The minimum absolute atomic E-state index is 0.0453. The van der Waals surface area contributed by atoms with Gasteiger partial charge in [-0.05, 0) is 43.2 Å². The molecule has 0 aromatic heterocycles. The van der Waals surface area contributed by atoms with Gasteiger partial charge < -0.3 is 5.32 Å². The van der Waals surface area contributed by atoms with E-state index in [9.17, 15) is 4.79 Å². The van der Waals surface area contributed by atoms with E-state index in [0.717, 1.165) is 36.9 Å². The Morgan fingerprint density at radius 2 is 2.11 bits per heavy atom. The highest BCUT2D eigenvalue weighted by Gasteiger charge is 2.25. The minimum atomic E-state index is 0.0453. The zero-order valence-electron chi connectivity index (χ0n) is 11.2. The number of rotatable bonds is 3. The first-order valence-corrected chi connectivity index (χ1v) is 6.60. The summed E-state index contributed by atoms with van der Waals surface area (Å²) in [7, 11) is 0. The van der Waals surface area contributed by atoms with E-state index in [-0.39, 0.29) is 11.3 Å². The Bertz CT molecular complexity index is 464. The highest BCUT2D eigenvalue weighted by atomic mass is 16.1. The van der Waals surface area contributed by atoms with Crippen molar-refractivity contribution in [2.75, 3.05) is 6.54 Å². The molecule has 0 aliphatic heterocycles. The summed E-state index contributed by atoms with van der Waals surface area (Å²) in [5.74, 6) is 0.0453. The first-order valence-electron chi connectivity index (χ1n) is 6.60. The molecule has 0 saturated heterocycles. The molecule has 0 saturated carbocycles. The Morgan fingerprint density at radius 3 is 2.78 bits per heavy atom. The summed E-state index contributed by atoms with van der Waals surface area (Å²) in [6, 6.07) is 7.72. The monoisotopic (exact) mass is 243 g/mol. The summed E-state index contributed by atoms with van der Waals surface area (Å²) in [5, 5.41) is 3.08. The van der Waals surface area contributed by atoms with Crippen LogP contribution in [-0.4, -0.2) is 12.5 Å². The van der Waals surface area contributed by atoms with Gasteiger partial charge in [-0.1, -0.05) is 37.3 Å². The molecule has 1 atom stereocenters. The molecule has 1 aliphatic carbocycles. The fourth-order valence-electron chi connectivity index (χ4n) is 2.40. The van der Waals surface area contributed by atoms with Crippen molar-refractivity contribution in [3.05, 3.63) is 47.5 Å². The van der Waals surface area contributed by atoms with Crippen molar-refractivity contribution in [2.45, 2.75) is 33.1 Å². The quantitative estimate of drug-likeness (QED) is 0.809. The van der Waals surface area contributed by atoms with Crippen LogP contribution in [0.4, 0.5) is 0 Å². The van der Waals surface area contributed by atoms with E-state index in [4.69, 9.17) is 0 Å². The molecule has 2 rings (SSSR count). The van der Waals surface area contributed by atoms with Gasteiger partial charge in [0.2, 0.25) is 0 Å². The van der Waals surface area contributed by atoms with Crippen LogP contribution in [-0.2, 0) is 0 Å². The number of benzene rings is 1. The standard InChI is InChI=1S/C16H21NO/c1-13-8-4-5-9-14(13)15(18)17-12-16(2)10-6-3-7-11-16/h3-6,8-9H,7,10-12H2,1-2H3,(H,17,18). The first-order chi connectivity index (χ1) is 8.61. The molecule has 1 aromatic rings. The summed E-state index contributed by atoms with van der Waals surface area (Å²) in [4.78, 5) is 12.1. The Morgan fingerprint density at radius 1 is 1.33 bits per heavy atom. The van der Waals surface area contributed by atoms with Gasteiger partial charge in [0.25, 0.3) is 5.91 Å². The van der Waals surface area contributed by atoms with Crippen LogP contribution < -0.4 is 5.32 Å². The highest BCUT2D eigenvalue weighted by molar-refractivity contribution is 5.95. The topological polar surface area (TPSA) is 29.1 Å². The SMILES string of the molecule is Cc1ccccc1C(=O)NCC1(C)CC=CCC1. The van der Waals surface area contributed by atoms with Gasteiger partial charge in [-0.25, -0.2) is 0 Å². The third-order valence-electron chi connectivity index (χ3n) is 3.76. The van der Waals surface area contributed by atoms with Crippen LogP contribution in [0.1, 0.15) is 42.1 Å². The smallest absolute Gasteiger partial charge is 0.251 e. The van der Waals surface area contributed by atoms with Crippen LogP contribution in [0.5, 0.6) is 0 Å². The fraction of sp³-hybridized carbons (Fsp3) is 0.438. The van der Waals surface area contributed by atoms with Gasteiger partial charge >= 0.3 is 0 Å². The lowest BCUT2D eigenvalue weighted by Gasteiger charge is -2.30. The van der Waals surface area contributed by atoms with E-state index >= 15 is 0 Å². The molecular formula is C16H21NO. The third kappa shape index (κ3) is 3.00. The molecule has 1 unspecified atom stereocenters. The lowest BCUT2D eigenvalue weighted by Crippen LogP contribution is -2.36. The predicted molar refractivity (Wildman–Crippen MR) is 74.6 cm³/mol. The molecule has 18 heavy (non-hydrogen) atoms. The predicted octanol–water partition coefficient (Wildman–Crippen LogP) is 3.47. The van der Waals surface area contributed by atoms with Crippen molar-refractivity contribution >= 4 is 5.91 Å². The maximum Gasteiger partial charge on any atom is 0.251 e. The second-order valence-corrected chi connectivity index (χ2v) is 5.52. The van der Waals surface area contributed by atoms with Crippen molar-refractivity contribution in [3.8, 4) is 0 Å². The van der Waals surface area contributed by atoms with E-state index in [0.29, 0.717) is 0 Å². The fourth-order valence-corrected chi connectivity index (χ4v) is 2.40. The summed E-state index contributed by atoms with van der Waals surface area (Å²) in [6.45, 7) is 4.97. The first kappa shape index (κ1) is 12.9. The summed E-state index contributed by atoms with van der Waals surface area (Å²) in [5.41, 5.74) is 2.03. The summed E-state index contributed by atoms with van der Waals surface area (Å²) >= 11 is 0. The number of carbonyl (C=O) groups is 1. The van der Waals surface area contributed by atoms with E-state index in [1.165, 1.54) is 0 Å². The Balaban J connectivity index is 1.96. The molecule has 1 aliphatic rings. The van der Waals surface area contributed by atoms with E-state index < -0.39 is 0 Å². The van der Waals surface area contributed by atoms with Gasteiger partial charge in [0.05, 0.1) is 0 Å². The lowest BCUT2D eigenvalue weighted by molar-refractivity contribution is 0.0929. The van der Waals surface area contributed by atoms with E-state index in [2.05, 4.69) is 24.4 Å². The van der Waals surface area contributed by atoms with Gasteiger partial charge in [0, 0.05) is 12.1 Å². The number of amides is 1. The number of hydrogen-bond acceptors (Lipinski definition) is 1. The van der Waals surface area contributed by atoms with Crippen molar-refractivity contribution in [1.82, 2.24) is 5.32 Å². The molecule has 1 N–H and O–H groups in total. The number of hydrogen-bond donors (Lipinski definition) is 1. The molecule has 2 heteroatoms. The summed E-state index contributed by atoms with van der Waals surface area (Å²) in [6.07, 6.45) is 7.78. The molecule has 1 aromatic carbocycles. The second-order valence-electron chi connectivity index (χ2n) is 5.52. The number of allylic oxidation sites excluding steroid dienone is 2. The van der Waals surface area contributed by atoms with Gasteiger partial charge in [-0.15, -0.1) is 0 Å². The number of aryl methyl sites for hydroxylation is 1. The zero-order valence-corrected chi connectivity index (χ0v) is 11.2. The van der Waals surface area contributed by atoms with Crippen molar-refractivity contribution in [3.63, 3.8) is 0 Å². The highest BCUT2D eigenvalue weighted by Crippen LogP contribution is 2.31. The average Bonchev–Trinajstić information content (AvgIpc) is 2.38. The van der Waals surface area contributed by atoms with Crippen LogP contribution in [0, 0.1) is 12.3 Å². The van der Waals surface area contributed by atoms with E-state index in [1.54, 1.807) is 0 Å². The molecule has 1 amide bonds. The van der Waals surface area contributed by atoms with Crippen LogP contribution in [0.25, 0.3) is 0 Å². The number of nitrogens with one attached hydrogen (secondary N) is 1. The molecule has 0 radical (unpaired) electrons. The van der Waals surface area contributed by atoms with E-state index in [1.807, 2.05) is 31.2 Å². The van der Waals surface area contributed by atoms with Crippen molar-refractivity contribution in [1.29, 1.82) is 0 Å². The van der Waals surface area contributed by atoms with Gasteiger partial charge in [0.1, 0.15) is 0 Å². The third-order valence-corrected chi connectivity index (χ3v) is 3.76. The number of carbonyl (C=O) groups excluding carboxylic acids is 1. The van der Waals surface area contributed by atoms with Crippen LogP contribution in [0.3, 0.4) is 0 Å². The van der Waals surface area contributed by atoms with Crippen molar-refractivity contribution < 1.29 is 4.79 Å².